The largest absolute Gasteiger partial charge is 0.274 e. The molecular formula is C27H22BrNO2. The Bertz CT molecular complexity index is 1230. The molecule has 1 saturated heterocycles. The lowest BCUT2D eigenvalue weighted by atomic mass is 9.46. The highest BCUT2D eigenvalue weighted by Crippen LogP contribution is 2.65. The summed E-state index contributed by atoms with van der Waals surface area (Å²) in [5.74, 6) is -0.961. The number of carbonyl (C=O) groups is 2. The number of imide groups is 1. The summed E-state index contributed by atoms with van der Waals surface area (Å²) in [7, 11) is 0. The lowest BCUT2D eigenvalue weighted by molar-refractivity contribution is -0.123. The normalized spacial score (nSPS) is 27.8. The number of amides is 2. The highest BCUT2D eigenvalue weighted by atomic mass is 79.9. The number of nitrogens with zero attached hydrogens (tertiary/aromatic N) is 1. The molecule has 4 aliphatic rings. The van der Waals surface area contributed by atoms with E-state index >= 15 is 0 Å². The Morgan fingerprint density at radius 2 is 1.52 bits per heavy atom. The molecular weight excluding hydrogens is 450 g/mol. The van der Waals surface area contributed by atoms with Crippen molar-refractivity contribution in [1.29, 1.82) is 0 Å². The van der Waals surface area contributed by atoms with Gasteiger partial charge in [-0.3, -0.25) is 9.59 Å². The Morgan fingerprint density at radius 1 is 0.903 bits per heavy atom. The van der Waals surface area contributed by atoms with E-state index in [0.29, 0.717) is 5.69 Å². The monoisotopic (exact) mass is 471 g/mol. The molecule has 0 aromatic heterocycles. The number of benzene rings is 3. The molecule has 31 heavy (non-hydrogen) atoms. The summed E-state index contributed by atoms with van der Waals surface area (Å²) >= 11 is 3.57. The van der Waals surface area contributed by atoms with E-state index in [9.17, 15) is 9.59 Å². The van der Waals surface area contributed by atoms with Gasteiger partial charge in [0.05, 0.1) is 17.5 Å². The van der Waals surface area contributed by atoms with E-state index in [1.54, 1.807) is 0 Å². The first kappa shape index (κ1) is 19.0. The van der Waals surface area contributed by atoms with Crippen LogP contribution in [0.25, 0.3) is 0 Å². The zero-order valence-electron chi connectivity index (χ0n) is 17.4. The van der Waals surface area contributed by atoms with E-state index < -0.39 is 5.41 Å². The van der Waals surface area contributed by atoms with Crippen LogP contribution in [0, 0.1) is 18.8 Å². The van der Waals surface area contributed by atoms with Crippen LogP contribution in [-0.4, -0.2) is 11.8 Å². The van der Waals surface area contributed by atoms with E-state index in [4.69, 9.17) is 0 Å². The minimum Gasteiger partial charge on any atom is -0.274 e. The third-order valence-corrected chi connectivity index (χ3v) is 8.62. The van der Waals surface area contributed by atoms with Crippen LogP contribution in [0.2, 0.25) is 0 Å². The van der Waals surface area contributed by atoms with Gasteiger partial charge in [0.1, 0.15) is 0 Å². The molecule has 0 N–H and O–H groups in total. The van der Waals surface area contributed by atoms with Gasteiger partial charge in [-0.1, -0.05) is 77.5 Å². The predicted molar refractivity (Wildman–Crippen MR) is 124 cm³/mol. The number of aryl methyl sites for hydroxylation is 1. The van der Waals surface area contributed by atoms with Gasteiger partial charge in [0.2, 0.25) is 11.8 Å². The summed E-state index contributed by atoms with van der Waals surface area (Å²) < 4.78 is 0.903. The average molecular weight is 472 g/mol. The Balaban J connectivity index is 1.62. The second-order valence-electron chi connectivity index (χ2n) is 8.93. The van der Waals surface area contributed by atoms with E-state index in [1.165, 1.54) is 27.2 Å². The van der Waals surface area contributed by atoms with Gasteiger partial charge < -0.3 is 0 Å². The molecule has 3 aromatic rings. The number of rotatable bonds is 2. The fraction of sp³-hybridized carbons (Fsp3) is 0.259. The first-order valence-corrected chi connectivity index (χ1v) is 11.6. The second-order valence-corrected chi connectivity index (χ2v) is 9.78. The Hall–Kier alpha value is -2.72. The molecule has 1 aliphatic heterocycles. The van der Waals surface area contributed by atoms with Crippen LogP contribution in [0.3, 0.4) is 0 Å². The van der Waals surface area contributed by atoms with Crippen molar-refractivity contribution in [1.82, 2.24) is 0 Å². The molecule has 4 heteroatoms. The third kappa shape index (κ3) is 2.19. The summed E-state index contributed by atoms with van der Waals surface area (Å²) in [5.41, 5.74) is 6.10. The fourth-order valence-corrected chi connectivity index (χ4v) is 6.87. The third-order valence-electron chi connectivity index (χ3n) is 7.77. The Labute approximate surface area is 190 Å². The molecule has 0 radical (unpaired) electrons. The molecule has 3 aliphatic carbocycles. The second kappa shape index (κ2) is 6.39. The highest BCUT2D eigenvalue weighted by Gasteiger charge is 2.67. The quantitative estimate of drug-likeness (QED) is 0.448. The molecule has 3 nitrogen and oxygen atoms in total. The summed E-state index contributed by atoms with van der Waals surface area (Å²) in [5, 5.41) is 0. The molecule has 1 heterocycles. The minimum absolute atomic E-state index is 0.0680. The number of carbonyl (C=O) groups excluding carboxylic acids is 2. The van der Waals surface area contributed by atoms with Gasteiger partial charge in [-0.25, -0.2) is 4.90 Å². The van der Waals surface area contributed by atoms with Gasteiger partial charge in [-0.15, -0.1) is 0 Å². The van der Waals surface area contributed by atoms with Crippen LogP contribution in [-0.2, 0) is 15.0 Å². The highest BCUT2D eigenvalue weighted by molar-refractivity contribution is 9.10. The van der Waals surface area contributed by atoms with Crippen molar-refractivity contribution in [2.75, 3.05) is 4.90 Å². The van der Waals surface area contributed by atoms with Crippen molar-refractivity contribution in [3.05, 3.63) is 99.0 Å². The molecule has 2 bridgehead atoms. The molecule has 2 amide bonds. The van der Waals surface area contributed by atoms with Gasteiger partial charge in [0.25, 0.3) is 0 Å². The SMILES string of the molecule is CCC12c3ccccc3C(c3ccccc31)[C@H]1C(=O)N(c3ccc(C)c(Br)c3)C(=O)[C@@H]12. The lowest BCUT2D eigenvalue weighted by Gasteiger charge is -2.54. The minimum atomic E-state index is -0.476. The average Bonchev–Trinajstić information content (AvgIpc) is 3.07. The molecule has 7 rings (SSSR count). The molecule has 0 saturated carbocycles. The van der Waals surface area contributed by atoms with Crippen molar-refractivity contribution in [2.45, 2.75) is 31.6 Å². The summed E-state index contributed by atoms with van der Waals surface area (Å²) in [6, 6.07) is 22.6. The molecule has 3 aromatic carbocycles. The maximum Gasteiger partial charge on any atom is 0.238 e. The van der Waals surface area contributed by atoms with E-state index in [-0.39, 0.29) is 29.6 Å². The predicted octanol–water partition coefficient (Wildman–Crippen LogP) is 5.72. The van der Waals surface area contributed by atoms with Crippen molar-refractivity contribution in [3.63, 3.8) is 0 Å². The number of hydrogen-bond donors (Lipinski definition) is 0. The van der Waals surface area contributed by atoms with Crippen molar-refractivity contribution in [2.24, 2.45) is 11.8 Å². The topological polar surface area (TPSA) is 37.4 Å². The zero-order valence-corrected chi connectivity index (χ0v) is 19.0. The molecule has 0 unspecified atom stereocenters. The lowest BCUT2D eigenvalue weighted by Crippen LogP contribution is -2.53. The fourth-order valence-electron chi connectivity index (χ4n) is 6.50. The van der Waals surface area contributed by atoms with Crippen molar-refractivity contribution < 1.29 is 9.59 Å². The van der Waals surface area contributed by atoms with Gasteiger partial charge in [-0.2, -0.15) is 0 Å². The smallest absolute Gasteiger partial charge is 0.238 e. The molecule has 1 fully saturated rings. The van der Waals surface area contributed by atoms with Crippen LogP contribution < -0.4 is 4.90 Å². The van der Waals surface area contributed by atoms with Gasteiger partial charge in [-0.05, 0) is 53.3 Å². The van der Waals surface area contributed by atoms with Crippen LogP contribution in [0.15, 0.2) is 71.2 Å². The summed E-state index contributed by atoms with van der Waals surface area (Å²) in [6.45, 7) is 4.15. The van der Waals surface area contributed by atoms with Crippen molar-refractivity contribution in [3.8, 4) is 0 Å². The van der Waals surface area contributed by atoms with Crippen LogP contribution in [0.5, 0.6) is 0 Å². The first-order chi connectivity index (χ1) is 15.0. The molecule has 2 atom stereocenters. The molecule has 0 spiro atoms. The van der Waals surface area contributed by atoms with Crippen LogP contribution in [0.1, 0.15) is 47.1 Å². The number of hydrogen-bond acceptors (Lipinski definition) is 2. The number of halogens is 1. The zero-order chi connectivity index (χ0) is 21.5. The van der Waals surface area contributed by atoms with Gasteiger partial charge >= 0.3 is 0 Å². The first-order valence-electron chi connectivity index (χ1n) is 10.8. The Kier molecular flexibility index (Phi) is 3.92. The standard InChI is InChI=1S/C27H22BrNO2/c1-3-27-19-10-6-4-8-17(19)22(18-9-5-7-11-20(18)27)23-24(27)26(31)29(25(23)30)16-13-12-15(2)21(28)14-16/h4-14,22-24H,3H2,1-2H3/t22?,23-,24-,27?/m1/s1. The van der Waals surface area contributed by atoms with E-state index in [1.807, 2.05) is 25.1 Å². The van der Waals surface area contributed by atoms with E-state index in [2.05, 4.69) is 71.4 Å². The maximum atomic E-state index is 14.0. The van der Waals surface area contributed by atoms with E-state index in [0.717, 1.165) is 16.5 Å². The van der Waals surface area contributed by atoms with Gasteiger partial charge in [0.15, 0.2) is 0 Å². The summed E-state index contributed by atoms with van der Waals surface area (Å²) in [4.78, 5) is 29.4. The number of anilines is 1. The van der Waals surface area contributed by atoms with Crippen LogP contribution >= 0.6 is 15.9 Å². The molecule has 154 valence electrons. The Morgan fingerprint density at radius 3 is 2.10 bits per heavy atom. The van der Waals surface area contributed by atoms with Crippen molar-refractivity contribution >= 4 is 33.4 Å². The summed E-state index contributed by atoms with van der Waals surface area (Å²) in [6.07, 6.45) is 0.777. The van der Waals surface area contributed by atoms with Gasteiger partial charge in [0, 0.05) is 15.8 Å². The maximum absolute atomic E-state index is 14.0. The van der Waals surface area contributed by atoms with Crippen LogP contribution in [0.4, 0.5) is 5.69 Å².